The van der Waals surface area contributed by atoms with Crippen molar-refractivity contribution in [3.8, 4) is 11.5 Å². The third-order valence-corrected chi connectivity index (χ3v) is 6.10. The standard InChI is InChI=1S/C30H42N4O5/c1-29(2,3)24-11-8-21(9-12-24)16-23(20-39-28(36)30(4,5)6)19-32-27(35)18-22-10-13-25(26(17-22)37-7)38-15-14-33-34-31/h8-13,17,23H,14-16,18-20H2,1-7H3,(H,32,35). The summed E-state index contributed by atoms with van der Waals surface area (Å²) in [6, 6.07) is 13.7. The summed E-state index contributed by atoms with van der Waals surface area (Å²) in [5.74, 6) is 0.502. The van der Waals surface area contributed by atoms with Crippen LogP contribution in [-0.4, -0.2) is 45.3 Å². The van der Waals surface area contributed by atoms with E-state index < -0.39 is 5.41 Å². The Hall–Kier alpha value is -3.71. The molecule has 0 saturated carbocycles. The van der Waals surface area contributed by atoms with Crippen LogP contribution in [0.4, 0.5) is 0 Å². The Bertz CT molecular complexity index is 1140. The minimum absolute atomic E-state index is 0.0626. The first-order valence-electron chi connectivity index (χ1n) is 13.2. The van der Waals surface area contributed by atoms with Gasteiger partial charge in [0.25, 0.3) is 0 Å². The van der Waals surface area contributed by atoms with E-state index in [1.165, 1.54) is 12.7 Å². The van der Waals surface area contributed by atoms with Crippen LogP contribution in [0.2, 0.25) is 0 Å². The van der Waals surface area contributed by atoms with Gasteiger partial charge in [-0.15, -0.1) is 0 Å². The number of carbonyl (C=O) groups is 2. The van der Waals surface area contributed by atoms with Crippen LogP contribution in [0.5, 0.6) is 11.5 Å². The Labute approximate surface area is 231 Å². The molecule has 1 unspecified atom stereocenters. The quantitative estimate of drug-likeness (QED) is 0.114. The highest BCUT2D eigenvalue weighted by Gasteiger charge is 2.25. The fourth-order valence-electron chi connectivity index (χ4n) is 3.76. The van der Waals surface area contributed by atoms with E-state index in [0.717, 1.165) is 11.1 Å². The molecule has 1 atom stereocenters. The number of nitrogens with zero attached hydrogens (tertiary/aromatic N) is 3. The van der Waals surface area contributed by atoms with Crippen molar-refractivity contribution in [2.24, 2.45) is 16.4 Å². The average Bonchev–Trinajstić information content (AvgIpc) is 2.87. The lowest BCUT2D eigenvalue weighted by atomic mass is 9.86. The highest BCUT2D eigenvalue weighted by molar-refractivity contribution is 5.79. The lowest BCUT2D eigenvalue weighted by Gasteiger charge is -2.23. The molecule has 9 nitrogen and oxygen atoms in total. The highest BCUT2D eigenvalue weighted by Crippen LogP contribution is 2.28. The van der Waals surface area contributed by atoms with Gasteiger partial charge in [0.15, 0.2) is 11.5 Å². The zero-order chi connectivity index (χ0) is 29.1. The van der Waals surface area contributed by atoms with Crippen LogP contribution in [-0.2, 0) is 32.6 Å². The molecule has 1 amide bonds. The number of esters is 1. The van der Waals surface area contributed by atoms with Crippen molar-refractivity contribution in [3.63, 3.8) is 0 Å². The van der Waals surface area contributed by atoms with E-state index in [1.54, 1.807) is 18.2 Å². The lowest BCUT2D eigenvalue weighted by Crippen LogP contribution is -2.35. The van der Waals surface area contributed by atoms with Gasteiger partial charge in [-0.25, -0.2) is 0 Å². The monoisotopic (exact) mass is 538 g/mol. The lowest BCUT2D eigenvalue weighted by molar-refractivity contribution is -0.154. The fourth-order valence-corrected chi connectivity index (χ4v) is 3.76. The van der Waals surface area contributed by atoms with Crippen molar-refractivity contribution in [2.75, 3.05) is 33.4 Å². The third-order valence-electron chi connectivity index (χ3n) is 6.10. The summed E-state index contributed by atoms with van der Waals surface area (Å²) in [5, 5.41) is 6.44. The normalized spacial score (nSPS) is 12.2. The number of azide groups is 1. The average molecular weight is 539 g/mol. The summed E-state index contributed by atoms with van der Waals surface area (Å²) >= 11 is 0. The number of rotatable bonds is 13. The molecule has 2 aromatic rings. The number of hydrogen-bond donors (Lipinski definition) is 1. The number of amides is 1. The van der Waals surface area contributed by atoms with Gasteiger partial charge in [-0.05, 0) is 67.0 Å². The molecule has 1 N–H and O–H groups in total. The maximum atomic E-state index is 12.8. The van der Waals surface area contributed by atoms with E-state index in [4.69, 9.17) is 19.7 Å². The van der Waals surface area contributed by atoms with Crippen molar-refractivity contribution in [1.82, 2.24) is 5.32 Å². The largest absolute Gasteiger partial charge is 0.493 e. The number of hydrogen-bond acceptors (Lipinski definition) is 6. The number of nitrogens with one attached hydrogen (secondary N) is 1. The second-order valence-electron chi connectivity index (χ2n) is 11.6. The summed E-state index contributed by atoms with van der Waals surface area (Å²) < 4.78 is 16.6. The molecule has 0 spiro atoms. The summed E-state index contributed by atoms with van der Waals surface area (Å²) in [4.78, 5) is 27.9. The molecule has 0 radical (unpaired) electrons. The SMILES string of the molecule is COc1cc(CC(=O)NCC(COC(=O)C(C)(C)C)Cc2ccc(C(C)(C)C)cc2)ccc1OCCN=[N+]=[N-]. The third kappa shape index (κ3) is 10.9. The Morgan fingerprint density at radius 3 is 2.26 bits per heavy atom. The zero-order valence-corrected chi connectivity index (χ0v) is 24.2. The van der Waals surface area contributed by atoms with Crippen LogP contribution >= 0.6 is 0 Å². The van der Waals surface area contributed by atoms with Gasteiger partial charge in [-0.1, -0.05) is 56.2 Å². The van der Waals surface area contributed by atoms with Crippen molar-refractivity contribution >= 4 is 11.9 Å². The number of methoxy groups -OCH3 is 1. The molecule has 0 aliphatic rings. The van der Waals surface area contributed by atoms with E-state index in [1.807, 2.05) is 20.8 Å². The van der Waals surface area contributed by atoms with E-state index in [-0.39, 0.29) is 49.4 Å². The maximum Gasteiger partial charge on any atom is 0.311 e. The molecule has 0 fully saturated rings. The fraction of sp³-hybridized carbons (Fsp3) is 0.533. The second kappa shape index (κ2) is 14.4. The molecule has 2 rings (SSSR count). The van der Waals surface area contributed by atoms with Gasteiger partial charge < -0.3 is 19.5 Å². The Morgan fingerprint density at radius 1 is 1.00 bits per heavy atom. The van der Waals surface area contributed by atoms with Crippen LogP contribution in [0.3, 0.4) is 0 Å². The predicted octanol–water partition coefficient (Wildman–Crippen LogP) is 5.79. The summed E-state index contributed by atoms with van der Waals surface area (Å²) in [6.07, 6.45) is 0.821. The minimum atomic E-state index is -0.597. The zero-order valence-electron chi connectivity index (χ0n) is 24.2. The maximum absolute atomic E-state index is 12.8. The molecule has 0 bridgehead atoms. The Kier molecular flexibility index (Phi) is 11.7. The first kappa shape index (κ1) is 31.5. The molecule has 39 heavy (non-hydrogen) atoms. The highest BCUT2D eigenvalue weighted by atomic mass is 16.5. The molecule has 0 saturated heterocycles. The van der Waals surface area contributed by atoms with Gasteiger partial charge in [-0.2, -0.15) is 0 Å². The number of ether oxygens (including phenoxy) is 3. The van der Waals surface area contributed by atoms with E-state index in [9.17, 15) is 9.59 Å². The topological polar surface area (TPSA) is 123 Å². The summed E-state index contributed by atoms with van der Waals surface area (Å²) in [5.41, 5.74) is 11.0. The Balaban J connectivity index is 2.03. The van der Waals surface area contributed by atoms with Gasteiger partial charge in [0.05, 0.1) is 38.7 Å². The van der Waals surface area contributed by atoms with Crippen molar-refractivity contribution in [2.45, 2.75) is 59.8 Å². The summed E-state index contributed by atoms with van der Waals surface area (Å²) in [7, 11) is 1.52. The van der Waals surface area contributed by atoms with Gasteiger partial charge in [0.1, 0.15) is 0 Å². The van der Waals surface area contributed by atoms with Crippen LogP contribution in [0.15, 0.2) is 47.6 Å². The van der Waals surface area contributed by atoms with Gasteiger partial charge in [0.2, 0.25) is 5.91 Å². The first-order chi connectivity index (χ1) is 18.3. The molecular weight excluding hydrogens is 496 g/mol. The second-order valence-corrected chi connectivity index (χ2v) is 11.6. The van der Waals surface area contributed by atoms with Gasteiger partial charge >= 0.3 is 5.97 Å². The number of benzene rings is 2. The van der Waals surface area contributed by atoms with E-state index in [2.05, 4.69) is 60.4 Å². The molecule has 2 aromatic carbocycles. The molecule has 0 aliphatic carbocycles. The molecule has 9 heteroatoms. The van der Waals surface area contributed by atoms with Gasteiger partial charge in [0, 0.05) is 17.4 Å². The minimum Gasteiger partial charge on any atom is -0.493 e. The van der Waals surface area contributed by atoms with E-state index >= 15 is 0 Å². The molecule has 212 valence electrons. The van der Waals surface area contributed by atoms with Crippen molar-refractivity contribution < 1.29 is 23.8 Å². The van der Waals surface area contributed by atoms with Crippen molar-refractivity contribution in [1.29, 1.82) is 0 Å². The number of carbonyl (C=O) groups excluding carboxylic acids is 2. The van der Waals surface area contributed by atoms with Gasteiger partial charge in [-0.3, -0.25) is 9.59 Å². The van der Waals surface area contributed by atoms with Crippen molar-refractivity contribution in [3.05, 3.63) is 69.6 Å². The molecule has 0 heterocycles. The predicted molar refractivity (Wildman–Crippen MR) is 152 cm³/mol. The molecule has 0 aromatic heterocycles. The first-order valence-corrected chi connectivity index (χ1v) is 13.2. The Morgan fingerprint density at radius 2 is 1.67 bits per heavy atom. The van der Waals surface area contributed by atoms with Crippen LogP contribution in [0.1, 0.15) is 58.2 Å². The summed E-state index contributed by atoms with van der Waals surface area (Å²) in [6.45, 7) is 13.0. The molecule has 0 aliphatic heterocycles. The smallest absolute Gasteiger partial charge is 0.311 e. The van der Waals surface area contributed by atoms with Crippen LogP contribution in [0.25, 0.3) is 10.4 Å². The van der Waals surface area contributed by atoms with E-state index in [0.29, 0.717) is 24.5 Å². The van der Waals surface area contributed by atoms with Crippen LogP contribution < -0.4 is 14.8 Å². The van der Waals surface area contributed by atoms with Crippen LogP contribution in [0, 0.1) is 11.3 Å². The molecular formula is C30H42N4O5.